The summed E-state index contributed by atoms with van der Waals surface area (Å²) in [6, 6.07) is 7.17. The number of hydrogen-bond acceptors (Lipinski definition) is 3. The van der Waals surface area contributed by atoms with E-state index in [1.54, 1.807) is 31.0 Å². The third-order valence-corrected chi connectivity index (χ3v) is 3.66. The molecule has 1 aromatic carbocycles. The van der Waals surface area contributed by atoms with Crippen LogP contribution >= 0.6 is 15.9 Å². The number of methoxy groups -OCH3 is 1. The number of nitrogens with zero attached hydrogens (tertiary/aromatic N) is 2. The van der Waals surface area contributed by atoms with Gasteiger partial charge in [0.25, 0.3) is 5.91 Å². The van der Waals surface area contributed by atoms with Crippen molar-refractivity contribution in [2.24, 2.45) is 7.05 Å². The average Bonchev–Trinajstić information content (AvgIpc) is 2.72. The van der Waals surface area contributed by atoms with E-state index in [4.69, 9.17) is 4.74 Å². The minimum absolute atomic E-state index is 0.195. The number of carbonyl (C=O) groups is 1. The fourth-order valence-electron chi connectivity index (χ4n) is 1.74. The maximum Gasteiger partial charge on any atom is 0.257 e. The van der Waals surface area contributed by atoms with Crippen LogP contribution in [0.1, 0.15) is 15.9 Å². The summed E-state index contributed by atoms with van der Waals surface area (Å²) in [7, 11) is 3.31. The van der Waals surface area contributed by atoms with E-state index in [2.05, 4.69) is 26.3 Å². The zero-order valence-electron chi connectivity index (χ0n) is 10.9. The van der Waals surface area contributed by atoms with Crippen LogP contribution in [0.25, 0.3) is 0 Å². The van der Waals surface area contributed by atoms with Crippen LogP contribution in [0.5, 0.6) is 5.88 Å². The van der Waals surface area contributed by atoms with Crippen molar-refractivity contribution in [3.8, 4) is 5.88 Å². The molecule has 0 saturated heterocycles. The lowest BCUT2D eigenvalue weighted by Gasteiger charge is -2.06. The SMILES string of the molecule is COc1cc(NC(=O)c2cccc(Br)c2C)nn1C. The lowest BCUT2D eigenvalue weighted by Crippen LogP contribution is -2.14. The zero-order valence-corrected chi connectivity index (χ0v) is 12.5. The lowest BCUT2D eigenvalue weighted by atomic mass is 10.1. The number of aryl methyl sites for hydroxylation is 1. The fourth-order valence-corrected chi connectivity index (χ4v) is 2.11. The molecule has 2 rings (SSSR count). The number of amides is 1. The number of nitrogens with one attached hydrogen (secondary N) is 1. The quantitative estimate of drug-likeness (QED) is 0.944. The molecule has 2 aromatic rings. The molecule has 0 bridgehead atoms. The molecule has 0 saturated carbocycles. The van der Waals surface area contributed by atoms with Gasteiger partial charge in [-0.15, -0.1) is 0 Å². The average molecular weight is 324 g/mol. The molecule has 1 aromatic heterocycles. The molecule has 1 heterocycles. The van der Waals surface area contributed by atoms with E-state index in [1.807, 2.05) is 19.1 Å². The standard InChI is InChI=1S/C13H14BrN3O2/c1-8-9(5-4-6-10(8)14)13(18)15-11-7-12(19-3)17(2)16-11/h4-7H,1-3H3,(H,15,16,18). The van der Waals surface area contributed by atoms with Crippen LogP contribution in [0.15, 0.2) is 28.7 Å². The summed E-state index contributed by atoms with van der Waals surface area (Å²) in [4.78, 5) is 12.2. The molecule has 1 amide bonds. The summed E-state index contributed by atoms with van der Waals surface area (Å²) in [5, 5.41) is 6.90. The molecule has 100 valence electrons. The molecule has 5 nitrogen and oxygen atoms in total. The first-order chi connectivity index (χ1) is 9.02. The molecule has 0 spiro atoms. The number of ether oxygens (including phenoxy) is 1. The second kappa shape index (κ2) is 5.44. The summed E-state index contributed by atoms with van der Waals surface area (Å²) in [5.74, 6) is 0.851. The normalized spacial score (nSPS) is 10.3. The van der Waals surface area contributed by atoms with Crippen molar-refractivity contribution < 1.29 is 9.53 Å². The Morgan fingerprint density at radius 2 is 2.21 bits per heavy atom. The number of carbonyl (C=O) groups excluding carboxylic acids is 1. The number of anilines is 1. The lowest BCUT2D eigenvalue weighted by molar-refractivity contribution is 0.102. The maximum atomic E-state index is 12.2. The van der Waals surface area contributed by atoms with Gasteiger partial charge in [0.15, 0.2) is 5.82 Å². The van der Waals surface area contributed by atoms with Crippen LogP contribution < -0.4 is 10.1 Å². The van der Waals surface area contributed by atoms with Crippen molar-refractivity contribution in [2.45, 2.75) is 6.92 Å². The molecule has 0 fully saturated rings. The molecule has 0 aliphatic rings. The third kappa shape index (κ3) is 2.78. The largest absolute Gasteiger partial charge is 0.481 e. The molecular formula is C13H14BrN3O2. The Labute approximate surface area is 119 Å². The van der Waals surface area contributed by atoms with Crippen LogP contribution in [-0.2, 0) is 7.05 Å². The van der Waals surface area contributed by atoms with Gasteiger partial charge < -0.3 is 10.1 Å². The van der Waals surface area contributed by atoms with Gasteiger partial charge in [-0.3, -0.25) is 4.79 Å². The third-order valence-electron chi connectivity index (χ3n) is 2.80. The van der Waals surface area contributed by atoms with Crippen LogP contribution in [-0.4, -0.2) is 22.8 Å². The van der Waals surface area contributed by atoms with Crippen LogP contribution in [0.4, 0.5) is 5.82 Å². The number of rotatable bonds is 3. The van der Waals surface area contributed by atoms with E-state index in [9.17, 15) is 4.79 Å². The van der Waals surface area contributed by atoms with E-state index in [1.165, 1.54) is 0 Å². The van der Waals surface area contributed by atoms with Crippen molar-refractivity contribution >= 4 is 27.7 Å². The summed E-state index contributed by atoms with van der Waals surface area (Å²) in [6.07, 6.45) is 0. The summed E-state index contributed by atoms with van der Waals surface area (Å²) in [6.45, 7) is 1.89. The number of benzene rings is 1. The Bertz CT molecular complexity index is 622. The van der Waals surface area contributed by atoms with E-state index in [0.717, 1.165) is 10.0 Å². The van der Waals surface area contributed by atoms with E-state index < -0.39 is 0 Å². The highest BCUT2D eigenvalue weighted by molar-refractivity contribution is 9.10. The minimum atomic E-state index is -0.195. The van der Waals surface area contributed by atoms with Crippen molar-refractivity contribution in [1.29, 1.82) is 0 Å². The second-order valence-electron chi connectivity index (χ2n) is 4.06. The van der Waals surface area contributed by atoms with Crippen LogP contribution in [0, 0.1) is 6.92 Å². The van der Waals surface area contributed by atoms with Crippen LogP contribution in [0.3, 0.4) is 0 Å². The van der Waals surface area contributed by atoms with Gasteiger partial charge in [0.2, 0.25) is 5.88 Å². The predicted molar refractivity (Wildman–Crippen MR) is 76.6 cm³/mol. The molecular weight excluding hydrogens is 310 g/mol. The molecule has 0 unspecified atom stereocenters. The van der Waals surface area contributed by atoms with Gasteiger partial charge in [0, 0.05) is 23.2 Å². The highest BCUT2D eigenvalue weighted by Crippen LogP contribution is 2.21. The maximum absolute atomic E-state index is 12.2. The van der Waals surface area contributed by atoms with E-state index in [0.29, 0.717) is 17.3 Å². The van der Waals surface area contributed by atoms with Crippen molar-refractivity contribution in [1.82, 2.24) is 9.78 Å². The van der Waals surface area contributed by atoms with Crippen molar-refractivity contribution in [2.75, 3.05) is 12.4 Å². The Morgan fingerprint density at radius 3 is 2.84 bits per heavy atom. The zero-order chi connectivity index (χ0) is 14.0. The van der Waals surface area contributed by atoms with Gasteiger partial charge in [-0.1, -0.05) is 22.0 Å². The van der Waals surface area contributed by atoms with Crippen LogP contribution in [0.2, 0.25) is 0 Å². The molecule has 0 radical (unpaired) electrons. The van der Waals surface area contributed by atoms with E-state index in [-0.39, 0.29) is 5.91 Å². The fraction of sp³-hybridized carbons (Fsp3) is 0.231. The second-order valence-corrected chi connectivity index (χ2v) is 4.92. The minimum Gasteiger partial charge on any atom is -0.481 e. The Kier molecular flexibility index (Phi) is 3.90. The Hall–Kier alpha value is -1.82. The van der Waals surface area contributed by atoms with Gasteiger partial charge in [0.05, 0.1) is 7.11 Å². The first-order valence-corrected chi connectivity index (χ1v) is 6.46. The first-order valence-electron chi connectivity index (χ1n) is 5.67. The molecule has 0 atom stereocenters. The van der Waals surface area contributed by atoms with Crippen molar-refractivity contribution in [3.63, 3.8) is 0 Å². The highest BCUT2D eigenvalue weighted by Gasteiger charge is 2.13. The topological polar surface area (TPSA) is 56.1 Å². The molecule has 6 heteroatoms. The summed E-state index contributed by atoms with van der Waals surface area (Å²) in [5.41, 5.74) is 1.50. The smallest absolute Gasteiger partial charge is 0.257 e. The number of hydrogen-bond donors (Lipinski definition) is 1. The Morgan fingerprint density at radius 1 is 1.47 bits per heavy atom. The van der Waals surface area contributed by atoms with Gasteiger partial charge in [0.1, 0.15) is 0 Å². The molecule has 0 aliphatic carbocycles. The number of halogens is 1. The predicted octanol–water partition coefficient (Wildman–Crippen LogP) is 2.75. The van der Waals surface area contributed by atoms with Gasteiger partial charge in [-0.2, -0.15) is 5.10 Å². The van der Waals surface area contributed by atoms with Gasteiger partial charge in [-0.05, 0) is 24.6 Å². The molecule has 1 N–H and O–H groups in total. The Balaban J connectivity index is 2.23. The highest BCUT2D eigenvalue weighted by atomic mass is 79.9. The van der Waals surface area contributed by atoms with Crippen molar-refractivity contribution in [3.05, 3.63) is 39.9 Å². The van der Waals surface area contributed by atoms with Gasteiger partial charge in [-0.25, -0.2) is 4.68 Å². The van der Waals surface area contributed by atoms with E-state index >= 15 is 0 Å². The number of aromatic nitrogens is 2. The first kappa shape index (κ1) is 13.6. The van der Waals surface area contributed by atoms with Gasteiger partial charge >= 0.3 is 0 Å². The summed E-state index contributed by atoms with van der Waals surface area (Å²) >= 11 is 3.41. The molecule has 19 heavy (non-hydrogen) atoms. The molecule has 0 aliphatic heterocycles. The summed E-state index contributed by atoms with van der Waals surface area (Å²) < 4.78 is 7.56. The monoisotopic (exact) mass is 323 g/mol.